The molecule has 12 heteroatoms. The van der Waals surface area contributed by atoms with Gasteiger partial charge in [-0.2, -0.15) is 0 Å². The van der Waals surface area contributed by atoms with Crippen LogP contribution in [-0.4, -0.2) is 110 Å². The molecule has 2 aromatic rings. The number of ether oxygens (including phenoxy) is 2. The number of methoxy groups -OCH3 is 2. The first kappa shape index (κ1) is 35.3. The van der Waals surface area contributed by atoms with E-state index in [1.165, 1.54) is 27.1 Å². The summed E-state index contributed by atoms with van der Waals surface area (Å²) >= 11 is 13.4. The number of piperazine rings is 1. The number of amides is 1. The third kappa shape index (κ3) is 7.20. The predicted molar refractivity (Wildman–Crippen MR) is 187 cm³/mol. The largest absolute Gasteiger partial charge is 0.468 e. The Labute approximate surface area is 297 Å². The summed E-state index contributed by atoms with van der Waals surface area (Å²) in [6.45, 7) is 2.65. The van der Waals surface area contributed by atoms with Crippen LogP contribution in [0.5, 0.6) is 0 Å². The summed E-state index contributed by atoms with van der Waals surface area (Å²) in [6.07, 6.45) is 4.33. The minimum absolute atomic E-state index is 0.0333. The molecule has 0 saturated carbocycles. The maximum atomic E-state index is 14.0. The summed E-state index contributed by atoms with van der Waals surface area (Å²) in [5.41, 5.74) is 0.938. The van der Waals surface area contributed by atoms with Crippen LogP contribution in [0, 0.1) is 5.92 Å². The van der Waals surface area contributed by atoms with Gasteiger partial charge in [-0.15, -0.1) is 0 Å². The second kappa shape index (κ2) is 15.1. The van der Waals surface area contributed by atoms with Gasteiger partial charge in [-0.1, -0.05) is 59.6 Å². The number of ketones is 1. The number of hydrogen-bond acceptors (Lipinski definition) is 9. The Hall–Kier alpha value is -3.57. The third-order valence-electron chi connectivity index (χ3n) is 10.8. The SMILES string of the molecule is COC(=O)C1=C(CC(=O)c2ccccc2)N=C(CC(=O)N2CCN(C3CC4CCC(C3)N4C)CC2)C(C(=O)OC)C1c1c(Cl)cccc1Cl. The number of rotatable bonds is 9. The molecule has 10 nitrogen and oxygen atoms in total. The molecule has 4 aliphatic rings. The van der Waals surface area contributed by atoms with E-state index in [1.807, 2.05) is 4.90 Å². The minimum atomic E-state index is -1.23. The van der Waals surface area contributed by atoms with E-state index in [-0.39, 0.29) is 57.1 Å². The van der Waals surface area contributed by atoms with Crippen molar-refractivity contribution in [3.63, 3.8) is 0 Å². The van der Waals surface area contributed by atoms with E-state index < -0.39 is 23.8 Å². The Morgan fingerprint density at radius 3 is 2.04 bits per heavy atom. The lowest BCUT2D eigenvalue weighted by Gasteiger charge is -2.45. The zero-order valence-corrected chi connectivity index (χ0v) is 29.6. The first-order chi connectivity index (χ1) is 23.6. The quantitative estimate of drug-likeness (QED) is 0.259. The highest BCUT2D eigenvalue weighted by Crippen LogP contribution is 2.46. The molecule has 260 valence electrons. The van der Waals surface area contributed by atoms with E-state index in [0.717, 1.165) is 25.9 Å². The summed E-state index contributed by atoms with van der Waals surface area (Å²) in [5, 5.41) is 0.403. The van der Waals surface area contributed by atoms with Gasteiger partial charge in [-0.05, 0) is 50.4 Å². The number of benzene rings is 2. The maximum absolute atomic E-state index is 14.0. The number of fused-ring (bicyclic) bond motifs is 2. The van der Waals surface area contributed by atoms with Crippen molar-refractivity contribution in [2.24, 2.45) is 10.9 Å². The number of piperidine rings is 1. The van der Waals surface area contributed by atoms with Gasteiger partial charge in [0.05, 0.1) is 38.3 Å². The van der Waals surface area contributed by atoms with Crippen LogP contribution < -0.4 is 0 Å². The number of Topliss-reactive ketones (excluding diaryl/α,β-unsaturated/α-hetero) is 1. The van der Waals surface area contributed by atoms with Crippen molar-refractivity contribution < 1.29 is 28.7 Å². The van der Waals surface area contributed by atoms with Gasteiger partial charge >= 0.3 is 11.9 Å². The maximum Gasteiger partial charge on any atom is 0.336 e. The molecule has 4 unspecified atom stereocenters. The standard InChI is InChI=1S/C37H42Cl2N4O6/c1-41-23-12-13-24(41)19-25(18-23)42-14-16-43(17-15-42)31(45)21-29-34(37(47)49-3)35(32-26(38)10-7-11-27(32)39)33(36(46)48-2)28(40-29)20-30(44)22-8-5-4-6-9-22/h4-11,23-25,34-35H,12-21H2,1-3H3. The topological polar surface area (TPSA) is 109 Å². The Balaban J connectivity index is 1.32. The normalized spacial score (nSPS) is 25.9. The lowest BCUT2D eigenvalue weighted by Crippen LogP contribution is -2.56. The zero-order chi connectivity index (χ0) is 34.8. The first-order valence-electron chi connectivity index (χ1n) is 16.8. The highest BCUT2D eigenvalue weighted by Gasteiger charge is 2.47. The Bertz CT molecular complexity index is 1640. The molecule has 2 bridgehead atoms. The molecule has 4 atom stereocenters. The van der Waals surface area contributed by atoms with Gasteiger partial charge in [0.2, 0.25) is 5.91 Å². The molecule has 3 fully saturated rings. The number of halogens is 2. The van der Waals surface area contributed by atoms with Gasteiger partial charge in [0.15, 0.2) is 5.78 Å². The van der Waals surface area contributed by atoms with E-state index in [4.69, 9.17) is 37.7 Å². The molecule has 4 aliphatic heterocycles. The van der Waals surface area contributed by atoms with Crippen LogP contribution in [0.25, 0.3) is 0 Å². The Kier molecular flexibility index (Phi) is 10.9. The van der Waals surface area contributed by atoms with Crippen LogP contribution in [0.2, 0.25) is 10.0 Å². The zero-order valence-electron chi connectivity index (χ0n) is 28.1. The number of carbonyl (C=O) groups is 4. The summed E-state index contributed by atoms with van der Waals surface area (Å²) in [6, 6.07) is 15.3. The summed E-state index contributed by atoms with van der Waals surface area (Å²) in [4.78, 5) is 66.4. The van der Waals surface area contributed by atoms with Crippen LogP contribution in [-0.2, 0) is 23.9 Å². The molecule has 0 spiro atoms. The van der Waals surface area contributed by atoms with E-state index in [9.17, 15) is 19.2 Å². The van der Waals surface area contributed by atoms with Crippen molar-refractivity contribution in [3.05, 3.63) is 81.0 Å². The molecule has 6 rings (SSSR count). The molecular weight excluding hydrogens is 667 g/mol. The summed E-state index contributed by atoms with van der Waals surface area (Å²) in [7, 11) is 4.68. The van der Waals surface area contributed by atoms with Crippen LogP contribution in [0.4, 0.5) is 0 Å². The molecule has 0 N–H and O–H groups in total. The average Bonchev–Trinajstić information content (AvgIpc) is 3.29. The predicted octanol–water partition coefficient (Wildman–Crippen LogP) is 5.18. The van der Waals surface area contributed by atoms with Gasteiger partial charge in [-0.3, -0.25) is 24.3 Å². The molecule has 0 aliphatic carbocycles. The molecule has 3 saturated heterocycles. The van der Waals surface area contributed by atoms with E-state index >= 15 is 0 Å². The Morgan fingerprint density at radius 1 is 0.816 bits per heavy atom. The van der Waals surface area contributed by atoms with Gasteiger partial charge in [0, 0.05) is 71.5 Å². The second-order valence-electron chi connectivity index (χ2n) is 13.3. The number of hydrogen-bond donors (Lipinski definition) is 0. The molecular formula is C37H42Cl2N4O6. The molecule has 4 heterocycles. The van der Waals surface area contributed by atoms with Crippen LogP contribution >= 0.6 is 23.2 Å². The lowest BCUT2D eigenvalue weighted by molar-refractivity contribution is -0.143. The number of allylic oxidation sites excluding steroid dienone is 1. The van der Waals surface area contributed by atoms with Gasteiger partial charge in [-0.25, -0.2) is 4.79 Å². The first-order valence-corrected chi connectivity index (χ1v) is 17.6. The Morgan fingerprint density at radius 2 is 1.45 bits per heavy atom. The number of carbonyl (C=O) groups excluding carboxylic acids is 4. The van der Waals surface area contributed by atoms with Crippen molar-refractivity contribution in [2.75, 3.05) is 47.4 Å². The second-order valence-corrected chi connectivity index (χ2v) is 14.1. The lowest BCUT2D eigenvalue weighted by atomic mass is 9.73. The van der Waals surface area contributed by atoms with Crippen LogP contribution in [0.3, 0.4) is 0 Å². The summed E-state index contributed by atoms with van der Waals surface area (Å²) < 4.78 is 10.5. The van der Waals surface area contributed by atoms with Crippen molar-refractivity contribution in [1.29, 1.82) is 0 Å². The van der Waals surface area contributed by atoms with Crippen molar-refractivity contribution in [3.8, 4) is 0 Å². The van der Waals surface area contributed by atoms with Crippen molar-refractivity contribution in [1.82, 2.24) is 14.7 Å². The fourth-order valence-corrected chi connectivity index (χ4v) is 8.79. The van der Waals surface area contributed by atoms with Gasteiger partial charge < -0.3 is 19.3 Å². The fourth-order valence-electron chi connectivity index (χ4n) is 8.16. The minimum Gasteiger partial charge on any atom is -0.468 e. The monoisotopic (exact) mass is 708 g/mol. The van der Waals surface area contributed by atoms with Gasteiger partial charge in [0.25, 0.3) is 0 Å². The van der Waals surface area contributed by atoms with Crippen LogP contribution in [0.1, 0.15) is 60.4 Å². The molecule has 1 amide bonds. The molecule has 0 aromatic heterocycles. The smallest absolute Gasteiger partial charge is 0.336 e. The average molecular weight is 710 g/mol. The number of esters is 2. The van der Waals surface area contributed by atoms with Crippen LogP contribution in [0.15, 0.2) is 64.8 Å². The van der Waals surface area contributed by atoms with E-state index in [0.29, 0.717) is 36.8 Å². The highest BCUT2D eigenvalue weighted by atomic mass is 35.5. The molecule has 49 heavy (non-hydrogen) atoms. The third-order valence-corrected chi connectivity index (χ3v) is 11.4. The number of aliphatic imine (C=N–C) groups is 1. The fraction of sp³-hybridized carbons (Fsp3) is 0.486. The van der Waals surface area contributed by atoms with Gasteiger partial charge in [0.1, 0.15) is 5.92 Å². The molecule has 2 aromatic carbocycles. The van der Waals surface area contributed by atoms with Crippen molar-refractivity contribution in [2.45, 2.75) is 62.6 Å². The van der Waals surface area contributed by atoms with Crippen molar-refractivity contribution >= 4 is 52.5 Å². The summed E-state index contributed by atoms with van der Waals surface area (Å²) in [5.74, 6) is -4.37. The van der Waals surface area contributed by atoms with E-state index in [2.05, 4.69) is 16.8 Å². The molecule has 0 radical (unpaired) electrons. The highest BCUT2D eigenvalue weighted by molar-refractivity contribution is 6.36. The van der Waals surface area contributed by atoms with E-state index in [1.54, 1.807) is 48.5 Å². The number of nitrogens with zero attached hydrogens (tertiary/aromatic N) is 4.